The van der Waals surface area contributed by atoms with Gasteiger partial charge in [-0.3, -0.25) is 14.6 Å². The molecule has 1 aromatic carbocycles. The number of nitrogens with one attached hydrogen (secondary N) is 1. The highest BCUT2D eigenvalue weighted by molar-refractivity contribution is 5.95. The van der Waals surface area contributed by atoms with E-state index in [9.17, 15) is 9.59 Å². The molecular weight excluding hydrogens is 358 g/mol. The molecule has 0 saturated carbocycles. The Hall–Kier alpha value is -3.55. The van der Waals surface area contributed by atoms with Crippen molar-refractivity contribution in [2.75, 3.05) is 16.8 Å². The normalized spacial score (nSPS) is 12.7. The van der Waals surface area contributed by atoms with Gasteiger partial charge in [0.15, 0.2) is 0 Å². The Morgan fingerprint density at radius 2 is 2.14 bits per heavy atom. The molecule has 0 fully saturated rings. The number of anilines is 2. The Bertz CT molecular complexity index is 1020. The summed E-state index contributed by atoms with van der Waals surface area (Å²) in [5, 5.41) is 6.78. The molecule has 1 aliphatic rings. The fourth-order valence-corrected chi connectivity index (χ4v) is 3.21. The van der Waals surface area contributed by atoms with Crippen LogP contribution in [0, 0.1) is 0 Å². The third-order valence-corrected chi connectivity index (χ3v) is 4.57. The van der Waals surface area contributed by atoms with E-state index in [-0.39, 0.29) is 18.2 Å². The number of carbonyl (C=O) groups excluding carboxylic acids is 2. The van der Waals surface area contributed by atoms with Crippen LogP contribution < -0.4 is 10.2 Å². The van der Waals surface area contributed by atoms with Crippen molar-refractivity contribution in [3.63, 3.8) is 0 Å². The maximum absolute atomic E-state index is 12.3. The second-order valence-corrected chi connectivity index (χ2v) is 6.54. The molecule has 1 N–H and O–H groups in total. The second-order valence-electron chi connectivity index (χ2n) is 6.54. The Balaban J connectivity index is 1.34. The van der Waals surface area contributed by atoms with Crippen molar-refractivity contribution in [3.05, 3.63) is 54.0 Å². The molecule has 28 heavy (non-hydrogen) atoms. The number of aryl methyl sites for hydroxylation is 1. The molecule has 3 heterocycles. The predicted octanol–water partition coefficient (Wildman–Crippen LogP) is 2.61. The van der Waals surface area contributed by atoms with Gasteiger partial charge in [0.1, 0.15) is 5.69 Å². The van der Waals surface area contributed by atoms with E-state index in [0.29, 0.717) is 36.1 Å². The Morgan fingerprint density at radius 3 is 2.93 bits per heavy atom. The van der Waals surface area contributed by atoms with Gasteiger partial charge in [0.25, 0.3) is 0 Å². The number of pyridine rings is 1. The van der Waals surface area contributed by atoms with Gasteiger partial charge in [-0.2, -0.15) is 4.98 Å². The lowest BCUT2D eigenvalue weighted by Crippen LogP contribution is -2.25. The van der Waals surface area contributed by atoms with Crippen LogP contribution in [0.25, 0.3) is 11.5 Å². The van der Waals surface area contributed by atoms with E-state index >= 15 is 0 Å². The third-order valence-electron chi connectivity index (χ3n) is 4.57. The molecule has 0 unspecified atom stereocenters. The number of hydrogen-bond donors (Lipinski definition) is 1. The minimum absolute atomic E-state index is 0.0279. The molecule has 0 atom stereocenters. The average molecular weight is 377 g/mol. The van der Waals surface area contributed by atoms with Crippen LogP contribution in [0.4, 0.5) is 11.4 Å². The molecule has 0 saturated heterocycles. The molecule has 0 radical (unpaired) electrons. The van der Waals surface area contributed by atoms with Crippen LogP contribution in [0.2, 0.25) is 0 Å². The van der Waals surface area contributed by atoms with E-state index in [4.69, 9.17) is 4.52 Å². The van der Waals surface area contributed by atoms with Crippen molar-refractivity contribution in [1.82, 2.24) is 15.1 Å². The SMILES string of the molecule is CC(=O)N1CCc2cc(NC(=O)CCc3nc(-c4ccccn4)no3)ccc21. The largest absolute Gasteiger partial charge is 0.339 e. The molecule has 2 aromatic heterocycles. The van der Waals surface area contributed by atoms with Crippen LogP contribution in [0.1, 0.15) is 24.8 Å². The van der Waals surface area contributed by atoms with Gasteiger partial charge in [-0.15, -0.1) is 0 Å². The monoisotopic (exact) mass is 377 g/mol. The standard InChI is InChI=1S/C20H19N5O3/c1-13(26)25-11-9-14-12-15(5-6-17(14)25)22-18(27)7-8-19-23-20(24-28-19)16-4-2-3-10-21-16/h2-6,10,12H,7-9,11H2,1H3,(H,22,27). The smallest absolute Gasteiger partial charge is 0.227 e. The van der Waals surface area contributed by atoms with Gasteiger partial charge in [-0.25, -0.2) is 0 Å². The van der Waals surface area contributed by atoms with E-state index in [1.807, 2.05) is 30.3 Å². The van der Waals surface area contributed by atoms with Gasteiger partial charge in [-0.1, -0.05) is 11.2 Å². The van der Waals surface area contributed by atoms with Crippen LogP contribution in [0.15, 0.2) is 47.1 Å². The van der Waals surface area contributed by atoms with Gasteiger partial charge < -0.3 is 14.7 Å². The molecule has 142 valence electrons. The van der Waals surface area contributed by atoms with Gasteiger partial charge in [-0.05, 0) is 42.3 Å². The molecule has 0 spiro atoms. The van der Waals surface area contributed by atoms with Crippen molar-refractivity contribution < 1.29 is 14.1 Å². The summed E-state index contributed by atoms with van der Waals surface area (Å²) in [4.78, 5) is 34.1. The highest BCUT2D eigenvalue weighted by Crippen LogP contribution is 2.30. The molecule has 8 heteroatoms. The molecule has 4 rings (SSSR count). The van der Waals surface area contributed by atoms with E-state index in [1.54, 1.807) is 24.1 Å². The molecule has 0 aliphatic carbocycles. The van der Waals surface area contributed by atoms with Crippen molar-refractivity contribution in [3.8, 4) is 11.5 Å². The summed E-state index contributed by atoms with van der Waals surface area (Å²) in [6.07, 6.45) is 3.01. The lowest BCUT2D eigenvalue weighted by atomic mass is 10.1. The first kappa shape index (κ1) is 17.8. The Labute approximate surface area is 161 Å². The van der Waals surface area contributed by atoms with Gasteiger partial charge in [0.05, 0.1) is 0 Å². The first-order valence-electron chi connectivity index (χ1n) is 9.05. The molecule has 3 aromatic rings. The number of aromatic nitrogens is 3. The van der Waals surface area contributed by atoms with Crippen molar-refractivity contribution in [2.24, 2.45) is 0 Å². The second kappa shape index (κ2) is 7.59. The zero-order valence-corrected chi connectivity index (χ0v) is 15.4. The predicted molar refractivity (Wildman–Crippen MR) is 103 cm³/mol. The number of carbonyl (C=O) groups is 2. The van der Waals surface area contributed by atoms with E-state index in [2.05, 4.69) is 20.4 Å². The summed E-state index contributed by atoms with van der Waals surface area (Å²) in [5.41, 5.74) is 3.32. The minimum atomic E-state index is -0.140. The zero-order valence-electron chi connectivity index (χ0n) is 15.4. The highest BCUT2D eigenvalue weighted by Gasteiger charge is 2.22. The van der Waals surface area contributed by atoms with Crippen LogP contribution in [-0.4, -0.2) is 33.5 Å². The topological polar surface area (TPSA) is 101 Å². The fraction of sp³-hybridized carbons (Fsp3) is 0.250. The average Bonchev–Trinajstić information content (AvgIpc) is 3.34. The molecule has 8 nitrogen and oxygen atoms in total. The Kier molecular flexibility index (Phi) is 4.84. The molecule has 2 amide bonds. The fourth-order valence-electron chi connectivity index (χ4n) is 3.21. The summed E-state index contributed by atoms with van der Waals surface area (Å²) < 4.78 is 5.20. The van der Waals surface area contributed by atoms with E-state index in [1.165, 1.54) is 0 Å². The summed E-state index contributed by atoms with van der Waals surface area (Å²) in [6.45, 7) is 2.24. The highest BCUT2D eigenvalue weighted by atomic mass is 16.5. The van der Waals surface area contributed by atoms with Crippen molar-refractivity contribution >= 4 is 23.2 Å². The lowest BCUT2D eigenvalue weighted by Gasteiger charge is -2.15. The van der Waals surface area contributed by atoms with Crippen LogP contribution >= 0.6 is 0 Å². The quantitative estimate of drug-likeness (QED) is 0.733. The van der Waals surface area contributed by atoms with Crippen LogP contribution in [-0.2, 0) is 22.4 Å². The van der Waals surface area contributed by atoms with Gasteiger partial charge >= 0.3 is 0 Å². The summed E-state index contributed by atoms with van der Waals surface area (Å²) in [5.74, 6) is 0.686. The van der Waals surface area contributed by atoms with Crippen molar-refractivity contribution in [2.45, 2.75) is 26.2 Å². The number of rotatable bonds is 5. The van der Waals surface area contributed by atoms with Crippen LogP contribution in [0.5, 0.6) is 0 Å². The van der Waals surface area contributed by atoms with Gasteiger partial charge in [0.2, 0.25) is 23.5 Å². The maximum atomic E-state index is 12.3. The molecule has 1 aliphatic heterocycles. The number of benzene rings is 1. The maximum Gasteiger partial charge on any atom is 0.227 e. The number of nitrogens with zero attached hydrogens (tertiary/aromatic N) is 4. The summed E-state index contributed by atoms with van der Waals surface area (Å²) in [7, 11) is 0. The number of hydrogen-bond acceptors (Lipinski definition) is 6. The zero-order chi connectivity index (χ0) is 19.5. The number of fused-ring (bicyclic) bond motifs is 1. The first-order valence-corrected chi connectivity index (χ1v) is 9.05. The van der Waals surface area contributed by atoms with Gasteiger partial charge in [0, 0.05) is 43.9 Å². The summed E-state index contributed by atoms with van der Waals surface area (Å²) in [6, 6.07) is 11.0. The first-order chi connectivity index (χ1) is 13.6. The summed E-state index contributed by atoms with van der Waals surface area (Å²) >= 11 is 0. The van der Waals surface area contributed by atoms with E-state index < -0.39 is 0 Å². The van der Waals surface area contributed by atoms with E-state index in [0.717, 1.165) is 17.7 Å². The minimum Gasteiger partial charge on any atom is -0.339 e. The lowest BCUT2D eigenvalue weighted by molar-refractivity contribution is -0.117. The van der Waals surface area contributed by atoms with Crippen LogP contribution in [0.3, 0.4) is 0 Å². The number of amides is 2. The molecule has 0 bridgehead atoms. The molecular formula is C20H19N5O3. The van der Waals surface area contributed by atoms with Crippen molar-refractivity contribution in [1.29, 1.82) is 0 Å². The Morgan fingerprint density at radius 1 is 1.25 bits per heavy atom. The third kappa shape index (κ3) is 3.75.